The van der Waals surface area contributed by atoms with E-state index in [4.69, 9.17) is 0 Å². The Balaban J connectivity index is 1.87. The second-order valence-electron chi connectivity index (χ2n) is 4.61. The molecule has 2 atom stereocenters. The Morgan fingerprint density at radius 1 is 1.33 bits per heavy atom. The minimum atomic E-state index is 0.128. The summed E-state index contributed by atoms with van der Waals surface area (Å²) in [6.45, 7) is 0. The van der Waals surface area contributed by atoms with Gasteiger partial charge < -0.3 is 10.2 Å². The van der Waals surface area contributed by atoms with E-state index in [-0.39, 0.29) is 6.03 Å². The van der Waals surface area contributed by atoms with Crippen molar-refractivity contribution in [2.24, 2.45) is 0 Å². The van der Waals surface area contributed by atoms with Crippen LogP contribution in [0.25, 0.3) is 0 Å². The number of rotatable bonds is 3. The van der Waals surface area contributed by atoms with Crippen LogP contribution in [0, 0.1) is 0 Å². The molecule has 0 aromatic carbocycles. The molecule has 0 aromatic heterocycles. The summed E-state index contributed by atoms with van der Waals surface area (Å²) < 4.78 is 0. The summed E-state index contributed by atoms with van der Waals surface area (Å²) in [6.07, 6.45) is 8.16. The van der Waals surface area contributed by atoms with Crippen LogP contribution in [-0.4, -0.2) is 41.6 Å². The van der Waals surface area contributed by atoms with Crippen LogP contribution in [0.1, 0.15) is 32.1 Å². The van der Waals surface area contributed by atoms with Gasteiger partial charge in [0, 0.05) is 24.4 Å². The lowest BCUT2D eigenvalue weighted by molar-refractivity contribution is 0.191. The lowest BCUT2D eigenvalue weighted by Gasteiger charge is -2.29. The van der Waals surface area contributed by atoms with E-state index in [0.717, 1.165) is 12.8 Å². The van der Waals surface area contributed by atoms with Crippen molar-refractivity contribution in [3.63, 3.8) is 0 Å². The predicted octanol–water partition coefficient (Wildman–Crippen LogP) is 2.07. The van der Waals surface area contributed by atoms with Crippen molar-refractivity contribution in [2.45, 2.75) is 49.4 Å². The van der Waals surface area contributed by atoms with Gasteiger partial charge in [0.05, 0.1) is 0 Å². The SMILES string of the molecule is CS[C@@H]1CCC[C@@H]1N(C)C(=O)NC1CC1. The Morgan fingerprint density at radius 2 is 2.07 bits per heavy atom. The van der Waals surface area contributed by atoms with E-state index >= 15 is 0 Å². The third-order valence-electron chi connectivity index (χ3n) is 3.44. The molecule has 1 N–H and O–H groups in total. The lowest BCUT2D eigenvalue weighted by Crippen LogP contribution is -2.46. The highest BCUT2D eigenvalue weighted by molar-refractivity contribution is 7.99. The van der Waals surface area contributed by atoms with Crippen molar-refractivity contribution >= 4 is 17.8 Å². The van der Waals surface area contributed by atoms with Crippen molar-refractivity contribution in [3.8, 4) is 0 Å². The maximum atomic E-state index is 11.8. The molecule has 15 heavy (non-hydrogen) atoms. The van der Waals surface area contributed by atoms with Gasteiger partial charge >= 0.3 is 6.03 Å². The first-order valence-electron chi connectivity index (χ1n) is 5.78. The van der Waals surface area contributed by atoms with Crippen LogP contribution in [-0.2, 0) is 0 Å². The molecule has 2 aliphatic rings. The molecule has 2 amide bonds. The Kier molecular flexibility index (Phi) is 3.44. The summed E-state index contributed by atoms with van der Waals surface area (Å²) >= 11 is 1.90. The maximum Gasteiger partial charge on any atom is 0.317 e. The summed E-state index contributed by atoms with van der Waals surface area (Å²) in [7, 11) is 1.94. The molecule has 86 valence electrons. The van der Waals surface area contributed by atoms with Crippen molar-refractivity contribution in [2.75, 3.05) is 13.3 Å². The number of nitrogens with one attached hydrogen (secondary N) is 1. The number of carbonyl (C=O) groups is 1. The zero-order valence-corrected chi connectivity index (χ0v) is 10.3. The van der Waals surface area contributed by atoms with Crippen LogP contribution in [0.5, 0.6) is 0 Å². The molecule has 2 rings (SSSR count). The molecule has 3 nitrogen and oxygen atoms in total. The Labute approximate surface area is 96.0 Å². The van der Waals surface area contributed by atoms with Gasteiger partial charge in [-0.15, -0.1) is 0 Å². The van der Waals surface area contributed by atoms with Gasteiger partial charge in [-0.25, -0.2) is 4.79 Å². The van der Waals surface area contributed by atoms with Crippen molar-refractivity contribution in [1.29, 1.82) is 0 Å². The largest absolute Gasteiger partial charge is 0.335 e. The molecule has 0 heterocycles. The van der Waals surface area contributed by atoms with Gasteiger partial charge in [0.2, 0.25) is 0 Å². The van der Waals surface area contributed by atoms with Crippen LogP contribution in [0.4, 0.5) is 4.79 Å². The minimum absolute atomic E-state index is 0.128. The number of thioether (sulfide) groups is 1. The van der Waals surface area contributed by atoms with Gasteiger partial charge in [-0.05, 0) is 31.9 Å². The predicted molar refractivity (Wildman–Crippen MR) is 64.3 cm³/mol. The second kappa shape index (κ2) is 4.64. The van der Waals surface area contributed by atoms with Gasteiger partial charge in [0.1, 0.15) is 0 Å². The molecule has 0 aromatic rings. The summed E-state index contributed by atoms with van der Waals surface area (Å²) in [5, 5.41) is 3.69. The summed E-state index contributed by atoms with van der Waals surface area (Å²) in [4.78, 5) is 13.8. The fraction of sp³-hybridized carbons (Fsp3) is 0.909. The molecule has 0 saturated heterocycles. The molecule has 2 fully saturated rings. The average molecular weight is 228 g/mol. The monoisotopic (exact) mass is 228 g/mol. The van der Waals surface area contributed by atoms with Crippen LogP contribution in [0.2, 0.25) is 0 Å². The summed E-state index contributed by atoms with van der Waals surface area (Å²) in [5.41, 5.74) is 0. The number of carbonyl (C=O) groups excluding carboxylic acids is 1. The number of urea groups is 1. The number of amides is 2. The van der Waals surface area contributed by atoms with E-state index < -0.39 is 0 Å². The first-order chi connectivity index (χ1) is 7.22. The van der Waals surface area contributed by atoms with Crippen molar-refractivity contribution in [3.05, 3.63) is 0 Å². The quantitative estimate of drug-likeness (QED) is 0.802. The smallest absolute Gasteiger partial charge is 0.317 e. The van der Waals surface area contributed by atoms with E-state index in [2.05, 4.69) is 11.6 Å². The molecular weight excluding hydrogens is 208 g/mol. The topological polar surface area (TPSA) is 32.3 Å². The van der Waals surface area contributed by atoms with Gasteiger partial charge in [0.25, 0.3) is 0 Å². The van der Waals surface area contributed by atoms with Crippen molar-refractivity contribution < 1.29 is 4.79 Å². The fourth-order valence-corrected chi connectivity index (χ4v) is 3.31. The Hall–Kier alpha value is -0.380. The van der Waals surface area contributed by atoms with E-state index in [1.54, 1.807) is 0 Å². The molecule has 0 radical (unpaired) electrons. The lowest BCUT2D eigenvalue weighted by atomic mass is 10.2. The Bertz CT molecular complexity index is 243. The van der Waals surface area contributed by atoms with Crippen LogP contribution < -0.4 is 5.32 Å². The molecule has 2 saturated carbocycles. The van der Waals surface area contributed by atoms with Gasteiger partial charge in [0.15, 0.2) is 0 Å². The average Bonchev–Trinajstić information content (AvgIpc) is 2.92. The van der Waals surface area contributed by atoms with Crippen LogP contribution >= 0.6 is 11.8 Å². The fourth-order valence-electron chi connectivity index (χ4n) is 2.28. The molecule has 0 unspecified atom stereocenters. The number of hydrogen-bond acceptors (Lipinski definition) is 2. The van der Waals surface area contributed by atoms with Gasteiger partial charge in [-0.2, -0.15) is 11.8 Å². The normalized spacial score (nSPS) is 30.3. The molecule has 0 aliphatic heterocycles. The van der Waals surface area contributed by atoms with E-state index in [9.17, 15) is 4.79 Å². The van der Waals surface area contributed by atoms with Crippen LogP contribution in [0.3, 0.4) is 0 Å². The summed E-state index contributed by atoms with van der Waals surface area (Å²) in [6, 6.07) is 1.04. The highest BCUT2D eigenvalue weighted by Gasteiger charge is 2.33. The third kappa shape index (κ3) is 2.60. The van der Waals surface area contributed by atoms with Gasteiger partial charge in [-0.3, -0.25) is 0 Å². The first kappa shape index (κ1) is 11.1. The van der Waals surface area contributed by atoms with E-state index in [1.807, 2.05) is 23.7 Å². The molecular formula is C11H20N2OS. The van der Waals surface area contributed by atoms with E-state index in [0.29, 0.717) is 17.3 Å². The highest BCUT2D eigenvalue weighted by Crippen LogP contribution is 2.31. The molecule has 4 heteroatoms. The van der Waals surface area contributed by atoms with Gasteiger partial charge in [-0.1, -0.05) is 6.42 Å². The highest BCUT2D eigenvalue weighted by atomic mass is 32.2. The maximum absolute atomic E-state index is 11.8. The zero-order valence-electron chi connectivity index (χ0n) is 9.53. The molecule has 0 spiro atoms. The first-order valence-corrected chi connectivity index (χ1v) is 7.07. The number of nitrogens with zero attached hydrogens (tertiary/aromatic N) is 1. The summed E-state index contributed by atoms with van der Waals surface area (Å²) in [5.74, 6) is 0. The van der Waals surface area contributed by atoms with Crippen molar-refractivity contribution in [1.82, 2.24) is 10.2 Å². The standard InChI is InChI=1S/C11H20N2OS/c1-13(11(14)12-8-6-7-8)9-4-3-5-10(9)15-2/h8-10H,3-7H2,1-2H3,(H,12,14)/t9-,10+/m0/s1. The second-order valence-corrected chi connectivity index (χ2v) is 5.68. The van der Waals surface area contributed by atoms with E-state index in [1.165, 1.54) is 19.3 Å². The number of hydrogen-bond donors (Lipinski definition) is 1. The molecule has 0 bridgehead atoms. The molecule has 2 aliphatic carbocycles. The zero-order chi connectivity index (χ0) is 10.8. The van der Waals surface area contributed by atoms with Crippen LogP contribution in [0.15, 0.2) is 0 Å². The minimum Gasteiger partial charge on any atom is -0.335 e. The third-order valence-corrected chi connectivity index (χ3v) is 4.60. The Morgan fingerprint density at radius 3 is 2.67 bits per heavy atom.